The fourth-order valence-electron chi connectivity index (χ4n) is 4.70. The van der Waals surface area contributed by atoms with Crippen LogP contribution < -0.4 is 0 Å². The van der Waals surface area contributed by atoms with Crippen LogP contribution in [0.25, 0.3) is 0 Å². The molecule has 130 valence electrons. The van der Waals surface area contributed by atoms with Crippen LogP contribution >= 0.6 is 0 Å². The van der Waals surface area contributed by atoms with Crippen LogP contribution in [-0.4, -0.2) is 0 Å². The van der Waals surface area contributed by atoms with Crippen LogP contribution in [-0.2, 0) is 0 Å². The second kappa shape index (κ2) is 10.1. The Morgan fingerprint density at radius 2 is 1.30 bits per heavy atom. The summed E-state index contributed by atoms with van der Waals surface area (Å²) >= 11 is 0. The molecule has 2 rings (SSSR count). The van der Waals surface area contributed by atoms with Crippen molar-refractivity contribution in [3.8, 4) is 6.07 Å². The van der Waals surface area contributed by atoms with Crippen molar-refractivity contribution >= 4 is 0 Å². The molecular formula is C21H34FN. The second-order valence-electron chi connectivity index (χ2n) is 8.00. The van der Waals surface area contributed by atoms with Gasteiger partial charge in [-0.3, -0.25) is 0 Å². The number of nitrogens with zero attached hydrogens (tertiary/aromatic N) is 1. The number of nitriles is 1. The molecule has 0 N–H and O–H groups in total. The minimum absolute atomic E-state index is 0.614. The van der Waals surface area contributed by atoms with Gasteiger partial charge in [0.05, 0.1) is 0 Å². The van der Waals surface area contributed by atoms with Crippen molar-refractivity contribution in [3.63, 3.8) is 0 Å². The maximum Gasteiger partial charge on any atom is 0.196 e. The van der Waals surface area contributed by atoms with E-state index >= 15 is 0 Å². The van der Waals surface area contributed by atoms with Gasteiger partial charge in [-0.25, -0.2) is 0 Å². The average molecular weight is 320 g/mol. The van der Waals surface area contributed by atoms with E-state index in [0.29, 0.717) is 0 Å². The van der Waals surface area contributed by atoms with Crippen LogP contribution in [0, 0.1) is 35.0 Å². The van der Waals surface area contributed by atoms with E-state index in [9.17, 15) is 4.39 Å². The van der Waals surface area contributed by atoms with Crippen molar-refractivity contribution in [1.82, 2.24) is 0 Å². The fraction of sp³-hybridized carbons (Fsp3) is 0.857. The molecule has 0 spiro atoms. The highest BCUT2D eigenvalue weighted by atomic mass is 19.1. The first-order valence-electron chi connectivity index (χ1n) is 9.97. The minimum Gasteiger partial charge on any atom is -0.195 e. The lowest BCUT2D eigenvalue weighted by atomic mass is 9.74. The molecule has 23 heavy (non-hydrogen) atoms. The van der Waals surface area contributed by atoms with Crippen molar-refractivity contribution in [2.45, 2.75) is 90.4 Å². The van der Waals surface area contributed by atoms with E-state index in [0.717, 1.165) is 36.5 Å². The van der Waals surface area contributed by atoms with E-state index in [4.69, 9.17) is 5.26 Å². The van der Waals surface area contributed by atoms with Crippen LogP contribution in [0.1, 0.15) is 90.4 Å². The molecule has 0 heterocycles. The first-order valence-corrected chi connectivity index (χ1v) is 9.97. The van der Waals surface area contributed by atoms with Gasteiger partial charge in [0.2, 0.25) is 0 Å². The van der Waals surface area contributed by atoms with Gasteiger partial charge in [0, 0.05) is 0 Å². The number of halogens is 1. The van der Waals surface area contributed by atoms with Crippen molar-refractivity contribution in [1.29, 1.82) is 5.26 Å². The van der Waals surface area contributed by atoms with Gasteiger partial charge in [-0.1, -0.05) is 77.6 Å². The molecule has 0 amide bonds. The Morgan fingerprint density at radius 3 is 1.74 bits per heavy atom. The van der Waals surface area contributed by atoms with Gasteiger partial charge in [-0.15, -0.1) is 0 Å². The zero-order chi connectivity index (χ0) is 16.5. The summed E-state index contributed by atoms with van der Waals surface area (Å²) in [6, 6.07) is 1.56. The molecule has 0 unspecified atom stereocenters. The number of hydrogen-bond acceptors (Lipinski definition) is 1. The van der Waals surface area contributed by atoms with Crippen molar-refractivity contribution in [3.05, 3.63) is 11.9 Å². The van der Waals surface area contributed by atoms with E-state index in [1.807, 2.05) is 0 Å². The molecule has 0 aliphatic heterocycles. The first-order chi connectivity index (χ1) is 11.2. The van der Waals surface area contributed by atoms with E-state index in [-0.39, 0.29) is 0 Å². The molecule has 0 radical (unpaired) electrons. The van der Waals surface area contributed by atoms with Crippen molar-refractivity contribution in [2.75, 3.05) is 0 Å². The Labute approximate surface area is 142 Å². The number of rotatable bonds is 7. The summed E-state index contributed by atoms with van der Waals surface area (Å²) in [5.41, 5.74) is 0. The molecule has 2 fully saturated rings. The highest BCUT2D eigenvalue weighted by Crippen LogP contribution is 2.38. The minimum atomic E-state index is -0.614. The number of allylic oxidation sites excluding steroid dienone is 2. The predicted octanol–water partition coefficient (Wildman–Crippen LogP) is 6.95. The zero-order valence-corrected chi connectivity index (χ0v) is 14.9. The Kier molecular flexibility index (Phi) is 8.13. The molecular weight excluding hydrogens is 285 g/mol. The monoisotopic (exact) mass is 319 g/mol. The largest absolute Gasteiger partial charge is 0.196 e. The lowest BCUT2D eigenvalue weighted by molar-refractivity contribution is 0.212. The van der Waals surface area contributed by atoms with Gasteiger partial charge >= 0.3 is 0 Å². The quantitative estimate of drug-likeness (QED) is 0.466. The Morgan fingerprint density at radius 1 is 0.870 bits per heavy atom. The molecule has 0 atom stereocenters. The van der Waals surface area contributed by atoms with Crippen LogP contribution in [0.2, 0.25) is 0 Å². The van der Waals surface area contributed by atoms with E-state index < -0.39 is 5.83 Å². The third kappa shape index (κ3) is 6.66. The molecule has 0 aromatic heterocycles. The lowest BCUT2D eigenvalue weighted by Crippen LogP contribution is -2.18. The van der Waals surface area contributed by atoms with Gasteiger partial charge in [0.25, 0.3) is 0 Å². The Hall–Kier alpha value is -0.840. The van der Waals surface area contributed by atoms with E-state index in [1.165, 1.54) is 76.7 Å². The van der Waals surface area contributed by atoms with Crippen molar-refractivity contribution in [2.24, 2.45) is 23.7 Å². The van der Waals surface area contributed by atoms with E-state index in [1.54, 1.807) is 6.07 Å². The Balaban J connectivity index is 1.56. The van der Waals surface area contributed by atoms with Gasteiger partial charge in [0.15, 0.2) is 5.83 Å². The van der Waals surface area contributed by atoms with Crippen molar-refractivity contribution < 1.29 is 4.39 Å². The molecule has 2 saturated carbocycles. The molecule has 0 aromatic carbocycles. The van der Waals surface area contributed by atoms with Gasteiger partial charge in [0.1, 0.15) is 6.07 Å². The zero-order valence-electron chi connectivity index (χ0n) is 14.9. The molecule has 2 aliphatic rings. The fourth-order valence-corrected chi connectivity index (χ4v) is 4.70. The van der Waals surface area contributed by atoms with Crippen LogP contribution in [0.5, 0.6) is 0 Å². The summed E-state index contributed by atoms with van der Waals surface area (Å²) < 4.78 is 12.8. The maximum absolute atomic E-state index is 12.8. The molecule has 2 aliphatic carbocycles. The average Bonchev–Trinajstić information content (AvgIpc) is 2.61. The van der Waals surface area contributed by atoms with E-state index in [2.05, 4.69) is 6.92 Å². The van der Waals surface area contributed by atoms with Crippen LogP contribution in [0.4, 0.5) is 4.39 Å². The molecule has 0 bridgehead atoms. The summed E-state index contributed by atoms with van der Waals surface area (Å²) in [6.45, 7) is 2.34. The smallest absolute Gasteiger partial charge is 0.195 e. The number of hydrogen-bond donors (Lipinski definition) is 0. The standard InChI is InChI=1S/C21H34FN/c1-2-17-6-8-19(9-7-17)14-15-20-12-10-18(11-13-20)4-3-5-21(22)16-23/h5,17-20H,2-4,6-15H2,1H3/t17-,18-,19-,20-. The highest BCUT2D eigenvalue weighted by molar-refractivity contribution is 5.11. The third-order valence-corrected chi connectivity index (χ3v) is 6.50. The third-order valence-electron chi connectivity index (χ3n) is 6.50. The van der Waals surface area contributed by atoms with Crippen LogP contribution in [0.15, 0.2) is 11.9 Å². The normalized spacial score (nSPS) is 32.5. The molecule has 0 aromatic rings. The molecule has 2 heteroatoms. The van der Waals surface area contributed by atoms with Gasteiger partial charge in [-0.05, 0) is 42.6 Å². The summed E-state index contributed by atoms with van der Waals surface area (Å²) in [5, 5.41) is 8.41. The summed E-state index contributed by atoms with van der Waals surface area (Å²) in [6.07, 6.45) is 18.8. The van der Waals surface area contributed by atoms with Crippen LogP contribution in [0.3, 0.4) is 0 Å². The SMILES string of the molecule is CC[C@H]1CC[C@H](CC[C@H]2CC[C@H](CCC=C(F)C#N)CC2)CC1. The summed E-state index contributed by atoms with van der Waals surface area (Å²) in [7, 11) is 0. The molecule has 1 nitrogen and oxygen atoms in total. The highest BCUT2D eigenvalue weighted by Gasteiger charge is 2.24. The maximum atomic E-state index is 12.8. The summed E-state index contributed by atoms with van der Waals surface area (Å²) in [5.74, 6) is 3.11. The summed E-state index contributed by atoms with van der Waals surface area (Å²) in [4.78, 5) is 0. The predicted molar refractivity (Wildman–Crippen MR) is 94.5 cm³/mol. The Bertz CT molecular complexity index is 393. The topological polar surface area (TPSA) is 23.8 Å². The second-order valence-corrected chi connectivity index (χ2v) is 8.00. The van der Waals surface area contributed by atoms with Gasteiger partial charge in [-0.2, -0.15) is 9.65 Å². The lowest BCUT2D eigenvalue weighted by Gasteiger charge is -2.31. The first kappa shape index (κ1) is 18.5. The van der Waals surface area contributed by atoms with Gasteiger partial charge < -0.3 is 0 Å². The molecule has 0 saturated heterocycles.